The topological polar surface area (TPSA) is 87.7 Å². The molecule has 0 spiro atoms. The first kappa shape index (κ1) is 24.6. The van der Waals surface area contributed by atoms with Crippen LogP contribution in [0.1, 0.15) is 62.8 Å². The summed E-state index contributed by atoms with van der Waals surface area (Å²) < 4.78 is 12.0. The van der Waals surface area contributed by atoms with Gasteiger partial charge in [0.25, 0.3) is 0 Å². The average Bonchev–Trinajstić information content (AvgIpc) is 3.52. The highest BCUT2D eigenvalue weighted by molar-refractivity contribution is 14.0. The van der Waals surface area contributed by atoms with Crippen molar-refractivity contribution in [3.63, 3.8) is 0 Å². The number of ether oxygens (including phenoxy) is 2. The molecule has 2 heterocycles. The van der Waals surface area contributed by atoms with Crippen molar-refractivity contribution < 1.29 is 9.47 Å². The van der Waals surface area contributed by atoms with Crippen LogP contribution < -0.4 is 14.8 Å². The van der Waals surface area contributed by atoms with Crippen LogP contribution in [0.15, 0.2) is 29.5 Å². The highest BCUT2D eigenvalue weighted by Crippen LogP contribution is 2.35. The molecule has 2 fully saturated rings. The number of rotatable bonds is 7. The van der Waals surface area contributed by atoms with E-state index in [0.29, 0.717) is 12.5 Å². The predicted molar refractivity (Wildman–Crippen MR) is 136 cm³/mol. The van der Waals surface area contributed by atoms with E-state index in [0.717, 1.165) is 74.2 Å². The maximum Gasteiger partial charge on any atom is 0.194 e. The predicted octanol–water partition coefficient (Wildman–Crippen LogP) is 4.10. The molecule has 4 rings (SSSR count). The van der Waals surface area contributed by atoms with Gasteiger partial charge in [-0.1, -0.05) is 12.1 Å². The number of nitrogens with zero attached hydrogens (tertiary/aromatic N) is 4. The number of hydrogen-bond acceptors (Lipinski definition) is 5. The van der Waals surface area contributed by atoms with Crippen LogP contribution in [0.25, 0.3) is 0 Å². The molecule has 2 aliphatic rings. The van der Waals surface area contributed by atoms with Crippen LogP contribution in [0.3, 0.4) is 0 Å². The van der Waals surface area contributed by atoms with Crippen LogP contribution in [0.2, 0.25) is 0 Å². The van der Waals surface area contributed by atoms with Gasteiger partial charge in [-0.25, -0.2) is 9.98 Å². The quantitative estimate of drug-likeness (QED) is 0.305. The van der Waals surface area contributed by atoms with E-state index in [4.69, 9.17) is 14.5 Å². The Morgan fingerprint density at radius 1 is 1.22 bits per heavy atom. The van der Waals surface area contributed by atoms with Crippen LogP contribution in [-0.4, -0.2) is 58.9 Å². The molecule has 1 saturated carbocycles. The lowest BCUT2D eigenvalue weighted by atomic mass is 9.96. The van der Waals surface area contributed by atoms with Crippen molar-refractivity contribution in [1.29, 1.82) is 0 Å². The second-order valence-electron chi connectivity index (χ2n) is 8.28. The summed E-state index contributed by atoms with van der Waals surface area (Å²) in [6.45, 7) is 5.40. The van der Waals surface area contributed by atoms with Gasteiger partial charge in [0.1, 0.15) is 12.2 Å². The summed E-state index contributed by atoms with van der Waals surface area (Å²) in [5, 5.41) is 10.5. The summed E-state index contributed by atoms with van der Waals surface area (Å²) in [5.41, 5.74) is 1.07. The van der Waals surface area contributed by atoms with E-state index in [-0.39, 0.29) is 30.1 Å². The van der Waals surface area contributed by atoms with Gasteiger partial charge in [-0.05, 0) is 51.5 Å². The minimum atomic E-state index is 0. The average molecular weight is 554 g/mol. The number of methoxy groups -OCH3 is 1. The minimum absolute atomic E-state index is 0. The number of aromatic amines is 1. The van der Waals surface area contributed by atoms with Crippen LogP contribution in [0, 0.1) is 0 Å². The second-order valence-corrected chi connectivity index (χ2v) is 8.28. The van der Waals surface area contributed by atoms with Gasteiger partial charge in [0.2, 0.25) is 0 Å². The minimum Gasteiger partial charge on any atom is -0.493 e. The molecule has 1 aliphatic carbocycles. The van der Waals surface area contributed by atoms with Crippen molar-refractivity contribution >= 4 is 29.9 Å². The molecule has 9 heteroatoms. The fourth-order valence-electron chi connectivity index (χ4n) is 4.52. The van der Waals surface area contributed by atoms with E-state index in [1.165, 1.54) is 12.8 Å². The first-order chi connectivity index (χ1) is 15.3. The van der Waals surface area contributed by atoms with Crippen molar-refractivity contribution in [3.8, 4) is 11.5 Å². The molecule has 1 aliphatic heterocycles. The number of aliphatic imine (C=N–C) groups is 1. The van der Waals surface area contributed by atoms with E-state index in [1.54, 1.807) is 13.4 Å². The number of H-pyrrole nitrogens is 1. The Balaban J connectivity index is 0.00000289. The van der Waals surface area contributed by atoms with E-state index in [1.807, 2.05) is 12.1 Å². The Hall–Kier alpha value is -2.04. The lowest BCUT2D eigenvalue weighted by Gasteiger charge is -2.33. The molecule has 176 valence electrons. The third kappa shape index (κ3) is 6.05. The van der Waals surface area contributed by atoms with Crippen LogP contribution in [-0.2, 0) is 6.54 Å². The Bertz CT molecular complexity index is 846. The van der Waals surface area contributed by atoms with Gasteiger partial charge in [-0.2, -0.15) is 5.10 Å². The van der Waals surface area contributed by atoms with Gasteiger partial charge in [0.15, 0.2) is 17.5 Å². The summed E-state index contributed by atoms with van der Waals surface area (Å²) in [6.07, 6.45) is 8.65. The number of halogens is 1. The Morgan fingerprint density at radius 3 is 2.66 bits per heavy atom. The fraction of sp³-hybridized carbons (Fsp3) is 0.609. The van der Waals surface area contributed by atoms with Crippen molar-refractivity contribution in [1.82, 2.24) is 25.4 Å². The Labute approximate surface area is 207 Å². The number of likely N-dealkylation sites (tertiary alicyclic amines) is 1. The molecule has 8 nitrogen and oxygen atoms in total. The number of piperidine rings is 1. The first-order valence-electron chi connectivity index (χ1n) is 11.5. The molecule has 32 heavy (non-hydrogen) atoms. The van der Waals surface area contributed by atoms with Gasteiger partial charge in [0, 0.05) is 31.1 Å². The molecule has 0 bridgehead atoms. The number of aromatic nitrogens is 3. The first-order valence-corrected chi connectivity index (χ1v) is 11.5. The second kappa shape index (κ2) is 12.3. The molecular weight excluding hydrogens is 519 g/mol. The van der Waals surface area contributed by atoms with Gasteiger partial charge < -0.3 is 19.7 Å². The SMILES string of the molecule is CCNC(=NCc1cccc(OC)c1OC1CCCC1)N1CCC(c2ncn[nH]2)CC1.I. The largest absolute Gasteiger partial charge is 0.493 e. The van der Waals surface area contributed by atoms with E-state index in [9.17, 15) is 0 Å². The van der Waals surface area contributed by atoms with Crippen molar-refractivity contribution in [2.45, 2.75) is 64.0 Å². The maximum atomic E-state index is 6.38. The summed E-state index contributed by atoms with van der Waals surface area (Å²) in [6, 6.07) is 6.08. The maximum absolute atomic E-state index is 6.38. The Kier molecular flexibility index (Phi) is 9.43. The monoisotopic (exact) mass is 554 g/mol. The lowest BCUT2D eigenvalue weighted by Crippen LogP contribution is -2.45. The van der Waals surface area contributed by atoms with Gasteiger partial charge in [-0.3, -0.25) is 5.10 Å². The molecule has 0 atom stereocenters. The van der Waals surface area contributed by atoms with E-state index >= 15 is 0 Å². The molecule has 2 aromatic rings. The molecule has 2 N–H and O–H groups in total. The molecule has 1 aromatic carbocycles. The van der Waals surface area contributed by atoms with Crippen LogP contribution >= 0.6 is 24.0 Å². The summed E-state index contributed by atoms with van der Waals surface area (Å²) in [4.78, 5) is 11.6. The van der Waals surface area contributed by atoms with Gasteiger partial charge in [-0.15, -0.1) is 24.0 Å². The van der Waals surface area contributed by atoms with Crippen molar-refractivity contribution in [2.75, 3.05) is 26.7 Å². The zero-order valence-corrected chi connectivity index (χ0v) is 21.4. The summed E-state index contributed by atoms with van der Waals surface area (Å²) in [5.74, 6) is 4.02. The third-order valence-electron chi connectivity index (χ3n) is 6.22. The van der Waals surface area contributed by atoms with Crippen molar-refractivity contribution in [3.05, 3.63) is 35.9 Å². The summed E-state index contributed by atoms with van der Waals surface area (Å²) in [7, 11) is 1.70. The number of nitrogens with one attached hydrogen (secondary N) is 2. The van der Waals surface area contributed by atoms with Crippen LogP contribution in [0.4, 0.5) is 0 Å². The zero-order chi connectivity index (χ0) is 21.5. The van der Waals surface area contributed by atoms with E-state index < -0.39 is 0 Å². The number of hydrogen-bond donors (Lipinski definition) is 2. The van der Waals surface area contributed by atoms with Crippen LogP contribution in [0.5, 0.6) is 11.5 Å². The number of para-hydroxylation sites is 1. The lowest BCUT2D eigenvalue weighted by molar-refractivity contribution is 0.198. The normalized spacial score (nSPS) is 17.8. The molecule has 0 amide bonds. The highest BCUT2D eigenvalue weighted by atomic mass is 127. The Morgan fingerprint density at radius 2 is 2.00 bits per heavy atom. The van der Waals surface area contributed by atoms with Gasteiger partial charge in [0.05, 0.1) is 19.8 Å². The molecule has 0 radical (unpaired) electrons. The molecular formula is C23H35IN6O2. The molecule has 1 saturated heterocycles. The fourth-order valence-corrected chi connectivity index (χ4v) is 4.52. The third-order valence-corrected chi connectivity index (χ3v) is 6.22. The van der Waals surface area contributed by atoms with E-state index in [2.05, 4.69) is 38.4 Å². The number of benzene rings is 1. The smallest absolute Gasteiger partial charge is 0.194 e. The van der Waals surface area contributed by atoms with Gasteiger partial charge >= 0.3 is 0 Å². The zero-order valence-electron chi connectivity index (χ0n) is 19.0. The molecule has 1 aromatic heterocycles. The number of guanidine groups is 1. The molecule has 0 unspecified atom stereocenters. The standard InChI is InChI=1S/C23H34N6O2.HI/c1-3-24-23(29-13-11-17(12-14-29)22-26-16-27-28-22)25-15-18-7-6-10-20(30-2)21(18)31-19-8-4-5-9-19;/h6-7,10,16-17,19H,3-5,8-9,11-15H2,1-2H3,(H,24,25)(H,26,27,28);1H. The summed E-state index contributed by atoms with van der Waals surface area (Å²) >= 11 is 0. The highest BCUT2D eigenvalue weighted by Gasteiger charge is 2.25. The van der Waals surface area contributed by atoms with Crippen molar-refractivity contribution in [2.24, 2.45) is 4.99 Å².